The molecule has 0 aliphatic rings. The molecule has 2 rings (SSSR count). The van der Waals surface area contributed by atoms with Gasteiger partial charge in [0.2, 0.25) is 0 Å². The standard InChI is InChI=1S/C11H13N3O/c1-3-4-10-12-13-11-8(2)5-9(7-15)6-14(10)11/h5-7H,3-4H2,1-2H3. The molecule has 4 nitrogen and oxygen atoms in total. The monoisotopic (exact) mass is 203 g/mol. The van der Waals surface area contributed by atoms with Crippen molar-refractivity contribution in [3.63, 3.8) is 0 Å². The molecule has 0 saturated carbocycles. The largest absolute Gasteiger partial charge is 0.298 e. The number of rotatable bonds is 3. The van der Waals surface area contributed by atoms with Crippen LogP contribution in [0.5, 0.6) is 0 Å². The fourth-order valence-electron chi connectivity index (χ4n) is 1.69. The molecule has 0 bridgehead atoms. The van der Waals surface area contributed by atoms with Gasteiger partial charge in [-0.1, -0.05) is 6.92 Å². The molecule has 2 aromatic rings. The molecule has 4 heteroatoms. The van der Waals surface area contributed by atoms with E-state index in [1.165, 1.54) is 0 Å². The van der Waals surface area contributed by atoms with Gasteiger partial charge >= 0.3 is 0 Å². The van der Waals surface area contributed by atoms with Crippen molar-refractivity contribution < 1.29 is 4.79 Å². The number of nitrogens with zero attached hydrogens (tertiary/aromatic N) is 3. The smallest absolute Gasteiger partial charge is 0.163 e. The van der Waals surface area contributed by atoms with Gasteiger partial charge in [0.1, 0.15) is 5.82 Å². The summed E-state index contributed by atoms with van der Waals surface area (Å²) in [4.78, 5) is 10.7. The summed E-state index contributed by atoms with van der Waals surface area (Å²) in [5.41, 5.74) is 2.48. The van der Waals surface area contributed by atoms with E-state index in [4.69, 9.17) is 0 Å². The predicted molar refractivity (Wildman–Crippen MR) is 57.1 cm³/mol. The molecule has 0 radical (unpaired) electrons. The van der Waals surface area contributed by atoms with Crippen LogP contribution in [0.2, 0.25) is 0 Å². The second kappa shape index (κ2) is 3.81. The van der Waals surface area contributed by atoms with Crippen LogP contribution < -0.4 is 0 Å². The maximum atomic E-state index is 10.7. The average molecular weight is 203 g/mol. The minimum atomic E-state index is 0.664. The number of aryl methyl sites for hydroxylation is 2. The Labute approximate surface area is 87.9 Å². The van der Waals surface area contributed by atoms with Gasteiger partial charge in [-0.25, -0.2) is 0 Å². The fourth-order valence-corrected chi connectivity index (χ4v) is 1.69. The average Bonchev–Trinajstić information content (AvgIpc) is 2.63. The van der Waals surface area contributed by atoms with Gasteiger partial charge in [-0.15, -0.1) is 10.2 Å². The van der Waals surface area contributed by atoms with Gasteiger partial charge in [-0.3, -0.25) is 9.20 Å². The number of aromatic nitrogens is 3. The van der Waals surface area contributed by atoms with E-state index in [-0.39, 0.29) is 0 Å². The van der Waals surface area contributed by atoms with Crippen LogP contribution >= 0.6 is 0 Å². The number of pyridine rings is 1. The van der Waals surface area contributed by atoms with Gasteiger partial charge in [0.25, 0.3) is 0 Å². The molecule has 15 heavy (non-hydrogen) atoms. The van der Waals surface area contributed by atoms with E-state index in [9.17, 15) is 4.79 Å². The van der Waals surface area contributed by atoms with Crippen molar-refractivity contribution in [1.82, 2.24) is 14.6 Å². The second-order valence-electron chi connectivity index (χ2n) is 3.63. The van der Waals surface area contributed by atoms with Crippen molar-refractivity contribution in [2.45, 2.75) is 26.7 Å². The molecule has 0 atom stereocenters. The first-order valence-corrected chi connectivity index (χ1v) is 5.05. The van der Waals surface area contributed by atoms with Crippen LogP contribution in [0.4, 0.5) is 0 Å². The van der Waals surface area contributed by atoms with E-state index >= 15 is 0 Å². The predicted octanol–water partition coefficient (Wildman–Crippen LogP) is 1.80. The summed E-state index contributed by atoms with van der Waals surface area (Å²) in [7, 11) is 0. The molecule has 0 aliphatic carbocycles. The first kappa shape index (κ1) is 9.83. The van der Waals surface area contributed by atoms with Gasteiger partial charge in [0, 0.05) is 18.2 Å². The molecule has 0 unspecified atom stereocenters. The van der Waals surface area contributed by atoms with E-state index in [1.54, 1.807) is 6.20 Å². The summed E-state index contributed by atoms with van der Waals surface area (Å²) in [5.74, 6) is 0.916. The number of hydrogen-bond acceptors (Lipinski definition) is 3. The van der Waals surface area contributed by atoms with Crippen molar-refractivity contribution >= 4 is 11.9 Å². The lowest BCUT2D eigenvalue weighted by Crippen LogP contribution is -1.97. The summed E-state index contributed by atoms with van der Waals surface area (Å²) in [6.07, 6.45) is 4.54. The highest BCUT2D eigenvalue weighted by Gasteiger charge is 2.07. The Balaban J connectivity index is 2.66. The third-order valence-corrected chi connectivity index (χ3v) is 2.39. The third kappa shape index (κ3) is 1.63. The summed E-state index contributed by atoms with van der Waals surface area (Å²) < 4.78 is 1.91. The quantitative estimate of drug-likeness (QED) is 0.715. The van der Waals surface area contributed by atoms with Crippen molar-refractivity contribution in [1.29, 1.82) is 0 Å². The Bertz CT molecular complexity index is 502. The molecular weight excluding hydrogens is 190 g/mol. The zero-order chi connectivity index (χ0) is 10.8. The molecule has 0 spiro atoms. The summed E-state index contributed by atoms with van der Waals surface area (Å²) in [5, 5.41) is 8.23. The second-order valence-corrected chi connectivity index (χ2v) is 3.63. The fraction of sp³-hybridized carbons (Fsp3) is 0.364. The van der Waals surface area contributed by atoms with Crippen LogP contribution in [-0.2, 0) is 6.42 Å². The van der Waals surface area contributed by atoms with Gasteiger partial charge < -0.3 is 0 Å². The molecule has 0 N–H and O–H groups in total. The molecule has 0 aromatic carbocycles. The molecule has 2 heterocycles. The molecular formula is C11H13N3O. The number of carbonyl (C=O) groups excluding carboxylic acids is 1. The van der Waals surface area contributed by atoms with Gasteiger partial charge in [-0.2, -0.15) is 0 Å². The molecule has 0 fully saturated rings. The minimum absolute atomic E-state index is 0.664. The zero-order valence-corrected chi connectivity index (χ0v) is 8.90. The SMILES string of the molecule is CCCc1nnc2c(C)cc(C=O)cn12. The molecule has 78 valence electrons. The lowest BCUT2D eigenvalue weighted by Gasteiger charge is -2.01. The summed E-state index contributed by atoms with van der Waals surface area (Å²) in [6, 6.07) is 1.83. The van der Waals surface area contributed by atoms with Crippen molar-refractivity contribution in [3.05, 3.63) is 29.2 Å². The Morgan fingerprint density at radius 2 is 2.27 bits per heavy atom. The van der Waals surface area contributed by atoms with Crippen LogP contribution in [0.1, 0.15) is 35.1 Å². The van der Waals surface area contributed by atoms with Crippen molar-refractivity contribution in [3.8, 4) is 0 Å². The molecule has 2 aromatic heterocycles. The van der Waals surface area contributed by atoms with Gasteiger partial charge in [-0.05, 0) is 25.0 Å². The highest BCUT2D eigenvalue weighted by atomic mass is 16.1. The van der Waals surface area contributed by atoms with Crippen molar-refractivity contribution in [2.75, 3.05) is 0 Å². The Morgan fingerprint density at radius 3 is 2.93 bits per heavy atom. The van der Waals surface area contributed by atoms with Crippen LogP contribution in [0.3, 0.4) is 0 Å². The number of fused-ring (bicyclic) bond motifs is 1. The lowest BCUT2D eigenvalue weighted by atomic mass is 10.2. The first-order chi connectivity index (χ1) is 7.26. The van der Waals surface area contributed by atoms with Crippen LogP contribution in [0, 0.1) is 6.92 Å². The van der Waals surface area contributed by atoms with E-state index in [0.29, 0.717) is 5.56 Å². The molecule has 0 saturated heterocycles. The maximum Gasteiger partial charge on any atom is 0.163 e. The Hall–Kier alpha value is -1.71. The van der Waals surface area contributed by atoms with Gasteiger partial charge in [0.15, 0.2) is 11.9 Å². The van der Waals surface area contributed by atoms with E-state index in [1.807, 2.05) is 17.4 Å². The topological polar surface area (TPSA) is 47.3 Å². The summed E-state index contributed by atoms with van der Waals surface area (Å²) >= 11 is 0. The Morgan fingerprint density at radius 1 is 1.47 bits per heavy atom. The number of carbonyl (C=O) groups is 1. The Kier molecular flexibility index (Phi) is 2.49. The van der Waals surface area contributed by atoms with E-state index in [0.717, 1.165) is 36.2 Å². The normalized spacial score (nSPS) is 10.8. The van der Waals surface area contributed by atoms with Crippen LogP contribution in [0.15, 0.2) is 12.3 Å². The van der Waals surface area contributed by atoms with Crippen LogP contribution in [-0.4, -0.2) is 20.9 Å². The highest BCUT2D eigenvalue weighted by Crippen LogP contribution is 2.12. The number of hydrogen-bond donors (Lipinski definition) is 0. The zero-order valence-electron chi connectivity index (χ0n) is 8.90. The third-order valence-electron chi connectivity index (χ3n) is 2.39. The van der Waals surface area contributed by atoms with Gasteiger partial charge in [0.05, 0.1) is 0 Å². The lowest BCUT2D eigenvalue weighted by molar-refractivity contribution is 0.112. The van der Waals surface area contributed by atoms with E-state index < -0.39 is 0 Å². The first-order valence-electron chi connectivity index (χ1n) is 5.05. The summed E-state index contributed by atoms with van der Waals surface area (Å²) in [6.45, 7) is 4.03. The highest BCUT2D eigenvalue weighted by molar-refractivity contribution is 5.75. The molecule has 0 amide bonds. The van der Waals surface area contributed by atoms with Crippen molar-refractivity contribution in [2.24, 2.45) is 0 Å². The number of aldehydes is 1. The minimum Gasteiger partial charge on any atom is -0.298 e. The maximum absolute atomic E-state index is 10.7. The molecule has 0 aliphatic heterocycles. The van der Waals surface area contributed by atoms with E-state index in [2.05, 4.69) is 17.1 Å². The van der Waals surface area contributed by atoms with Crippen LogP contribution in [0.25, 0.3) is 5.65 Å².